The highest BCUT2D eigenvalue weighted by molar-refractivity contribution is 7.16. The van der Waals surface area contributed by atoms with E-state index in [1.54, 1.807) is 24.5 Å². The SMILES string of the molecule is COC(=O)c1cc(C)sc1NC(=O)c1cnn2cccnc12. The molecule has 0 aromatic carbocycles. The number of thiophene rings is 1. The van der Waals surface area contributed by atoms with Crippen LogP contribution < -0.4 is 5.32 Å². The van der Waals surface area contributed by atoms with Crippen molar-refractivity contribution in [1.29, 1.82) is 0 Å². The van der Waals surface area contributed by atoms with Crippen LogP contribution in [0.15, 0.2) is 30.7 Å². The summed E-state index contributed by atoms with van der Waals surface area (Å²) in [5.41, 5.74) is 1.12. The molecule has 112 valence electrons. The second-order valence-electron chi connectivity index (χ2n) is 4.49. The van der Waals surface area contributed by atoms with Gasteiger partial charge in [0.05, 0.1) is 18.9 Å². The Hall–Kier alpha value is -2.74. The Kier molecular flexibility index (Phi) is 3.60. The van der Waals surface area contributed by atoms with E-state index in [2.05, 4.69) is 15.4 Å². The summed E-state index contributed by atoms with van der Waals surface area (Å²) in [5, 5.41) is 7.24. The minimum atomic E-state index is -0.488. The van der Waals surface area contributed by atoms with Crippen molar-refractivity contribution in [2.45, 2.75) is 6.92 Å². The zero-order valence-corrected chi connectivity index (χ0v) is 12.7. The number of ether oxygens (including phenoxy) is 1. The van der Waals surface area contributed by atoms with E-state index in [1.165, 1.54) is 29.2 Å². The molecule has 3 aromatic rings. The summed E-state index contributed by atoms with van der Waals surface area (Å²) in [5.74, 6) is -0.863. The maximum absolute atomic E-state index is 12.4. The molecule has 0 atom stereocenters. The van der Waals surface area contributed by atoms with Crippen LogP contribution in [0.3, 0.4) is 0 Å². The lowest BCUT2D eigenvalue weighted by atomic mass is 10.2. The van der Waals surface area contributed by atoms with Crippen LogP contribution in [0.2, 0.25) is 0 Å². The number of esters is 1. The van der Waals surface area contributed by atoms with Gasteiger partial charge < -0.3 is 10.1 Å². The minimum Gasteiger partial charge on any atom is -0.465 e. The van der Waals surface area contributed by atoms with E-state index in [0.717, 1.165) is 4.88 Å². The number of methoxy groups -OCH3 is 1. The highest BCUT2D eigenvalue weighted by Crippen LogP contribution is 2.28. The summed E-state index contributed by atoms with van der Waals surface area (Å²) in [6, 6.07) is 3.40. The standard InChI is InChI=1S/C14H12N4O3S/c1-8-6-9(14(20)21-2)13(22-8)17-12(19)10-7-16-18-5-3-4-15-11(10)18/h3-7H,1-2H3,(H,17,19). The summed E-state index contributed by atoms with van der Waals surface area (Å²) in [6.07, 6.45) is 4.73. The number of rotatable bonds is 3. The molecule has 1 N–H and O–H groups in total. The maximum Gasteiger partial charge on any atom is 0.340 e. The molecular formula is C14H12N4O3S. The second kappa shape index (κ2) is 5.57. The van der Waals surface area contributed by atoms with Crippen molar-refractivity contribution in [1.82, 2.24) is 14.6 Å². The van der Waals surface area contributed by atoms with Crippen molar-refractivity contribution >= 4 is 33.9 Å². The van der Waals surface area contributed by atoms with Gasteiger partial charge in [-0.25, -0.2) is 14.3 Å². The van der Waals surface area contributed by atoms with Gasteiger partial charge in [0, 0.05) is 17.3 Å². The number of nitrogens with one attached hydrogen (secondary N) is 1. The number of hydrogen-bond acceptors (Lipinski definition) is 6. The molecule has 0 radical (unpaired) electrons. The molecule has 0 aliphatic rings. The molecule has 22 heavy (non-hydrogen) atoms. The monoisotopic (exact) mass is 316 g/mol. The van der Waals surface area contributed by atoms with Crippen molar-refractivity contribution in [2.75, 3.05) is 12.4 Å². The lowest BCUT2D eigenvalue weighted by molar-refractivity contribution is 0.0602. The fourth-order valence-electron chi connectivity index (χ4n) is 2.03. The molecule has 3 heterocycles. The largest absolute Gasteiger partial charge is 0.465 e. The average molecular weight is 316 g/mol. The van der Waals surface area contributed by atoms with Crippen molar-refractivity contribution in [3.05, 3.63) is 46.7 Å². The number of hydrogen-bond donors (Lipinski definition) is 1. The van der Waals surface area contributed by atoms with E-state index in [1.807, 2.05) is 6.92 Å². The van der Waals surface area contributed by atoms with Gasteiger partial charge in [-0.15, -0.1) is 11.3 Å². The summed E-state index contributed by atoms with van der Waals surface area (Å²) in [4.78, 5) is 29.2. The molecule has 8 heteroatoms. The molecule has 0 fully saturated rings. The van der Waals surface area contributed by atoms with Gasteiger partial charge in [0.1, 0.15) is 10.6 Å². The summed E-state index contributed by atoms with van der Waals surface area (Å²) in [6.45, 7) is 1.85. The van der Waals surface area contributed by atoms with Crippen LogP contribution in [-0.2, 0) is 4.74 Å². The number of carbonyl (C=O) groups excluding carboxylic acids is 2. The highest BCUT2D eigenvalue weighted by atomic mass is 32.1. The number of aromatic nitrogens is 3. The van der Waals surface area contributed by atoms with Gasteiger partial charge in [0.25, 0.3) is 5.91 Å². The first-order valence-corrected chi connectivity index (χ1v) is 7.20. The van der Waals surface area contributed by atoms with E-state index < -0.39 is 5.97 Å². The van der Waals surface area contributed by atoms with E-state index in [4.69, 9.17) is 4.74 Å². The predicted molar refractivity (Wildman–Crippen MR) is 81.3 cm³/mol. The van der Waals surface area contributed by atoms with E-state index >= 15 is 0 Å². The molecule has 0 spiro atoms. The maximum atomic E-state index is 12.4. The van der Waals surface area contributed by atoms with Gasteiger partial charge in [-0.2, -0.15) is 5.10 Å². The number of carbonyl (C=O) groups is 2. The first-order valence-electron chi connectivity index (χ1n) is 6.38. The fraction of sp³-hybridized carbons (Fsp3) is 0.143. The van der Waals surface area contributed by atoms with Crippen LogP contribution >= 0.6 is 11.3 Å². The zero-order chi connectivity index (χ0) is 15.7. The Bertz CT molecular complexity index is 868. The highest BCUT2D eigenvalue weighted by Gasteiger charge is 2.20. The molecule has 0 aliphatic heterocycles. The van der Waals surface area contributed by atoms with Crippen LogP contribution in [-0.4, -0.2) is 33.6 Å². The normalized spacial score (nSPS) is 10.6. The van der Waals surface area contributed by atoms with Gasteiger partial charge in [0.2, 0.25) is 0 Å². The Morgan fingerprint density at radius 3 is 2.95 bits per heavy atom. The molecule has 3 rings (SSSR count). The molecule has 0 aliphatic carbocycles. The molecular weight excluding hydrogens is 304 g/mol. The van der Waals surface area contributed by atoms with Gasteiger partial charge in [-0.1, -0.05) is 0 Å². The Morgan fingerprint density at radius 1 is 1.36 bits per heavy atom. The number of fused-ring (bicyclic) bond motifs is 1. The lowest BCUT2D eigenvalue weighted by Gasteiger charge is -2.04. The van der Waals surface area contributed by atoms with E-state index in [0.29, 0.717) is 21.8 Å². The van der Waals surface area contributed by atoms with Crippen LogP contribution in [0.5, 0.6) is 0 Å². The fourth-order valence-corrected chi connectivity index (χ4v) is 2.92. The second-order valence-corrected chi connectivity index (χ2v) is 5.75. The number of amides is 1. The molecule has 0 unspecified atom stereocenters. The molecule has 1 amide bonds. The number of anilines is 1. The van der Waals surface area contributed by atoms with E-state index in [-0.39, 0.29) is 5.91 Å². The molecule has 3 aromatic heterocycles. The third-order valence-electron chi connectivity index (χ3n) is 3.01. The van der Waals surface area contributed by atoms with Crippen molar-refractivity contribution in [2.24, 2.45) is 0 Å². The van der Waals surface area contributed by atoms with Crippen molar-refractivity contribution in [3.63, 3.8) is 0 Å². The van der Waals surface area contributed by atoms with Gasteiger partial charge in [-0.3, -0.25) is 4.79 Å². The smallest absolute Gasteiger partial charge is 0.340 e. The molecule has 0 saturated carbocycles. The first-order chi connectivity index (χ1) is 10.6. The summed E-state index contributed by atoms with van der Waals surface area (Å²) >= 11 is 1.31. The molecule has 7 nitrogen and oxygen atoms in total. The van der Waals surface area contributed by atoms with E-state index in [9.17, 15) is 9.59 Å². The van der Waals surface area contributed by atoms with Crippen LogP contribution in [0.1, 0.15) is 25.6 Å². The van der Waals surface area contributed by atoms with Gasteiger partial charge >= 0.3 is 5.97 Å². The third kappa shape index (κ3) is 2.44. The molecule has 0 saturated heterocycles. The quantitative estimate of drug-likeness (QED) is 0.748. The lowest BCUT2D eigenvalue weighted by Crippen LogP contribution is -2.13. The summed E-state index contributed by atoms with van der Waals surface area (Å²) in [7, 11) is 1.30. The van der Waals surface area contributed by atoms with Crippen molar-refractivity contribution < 1.29 is 14.3 Å². The third-order valence-corrected chi connectivity index (χ3v) is 3.98. The minimum absolute atomic E-state index is 0.336. The number of aryl methyl sites for hydroxylation is 1. The predicted octanol–water partition coefficient (Wildman–Crippen LogP) is 2.14. The Balaban J connectivity index is 1.93. The Morgan fingerprint density at radius 2 is 2.18 bits per heavy atom. The average Bonchev–Trinajstić information content (AvgIpc) is 3.10. The van der Waals surface area contributed by atoms with Crippen LogP contribution in [0.4, 0.5) is 5.00 Å². The van der Waals surface area contributed by atoms with Crippen molar-refractivity contribution in [3.8, 4) is 0 Å². The van der Waals surface area contributed by atoms with Gasteiger partial charge in [-0.05, 0) is 19.1 Å². The first kappa shape index (κ1) is 14.2. The van der Waals surface area contributed by atoms with Crippen LogP contribution in [0.25, 0.3) is 5.65 Å². The van der Waals surface area contributed by atoms with Crippen LogP contribution in [0, 0.1) is 6.92 Å². The number of nitrogens with zero attached hydrogens (tertiary/aromatic N) is 3. The van der Waals surface area contributed by atoms with Gasteiger partial charge in [0.15, 0.2) is 5.65 Å². The topological polar surface area (TPSA) is 85.6 Å². The molecule has 0 bridgehead atoms. The summed E-state index contributed by atoms with van der Waals surface area (Å²) < 4.78 is 6.23. The zero-order valence-electron chi connectivity index (χ0n) is 11.9. The Labute approximate surface area is 129 Å².